The molecule has 0 spiro atoms. The summed E-state index contributed by atoms with van der Waals surface area (Å²) in [5, 5.41) is 0.700. The third-order valence-corrected chi connectivity index (χ3v) is 6.61. The SMILES string of the molecule is CCO[Si](CSS)(OCC)OCC. The van der Waals surface area contributed by atoms with E-state index in [0.717, 1.165) is 0 Å². The second-order valence-corrected chi connectivity index (χ2v) is 6.68. The van der Waals surface area contributed by atoms with Crippen molar-refractivity contribution >= 4 is 31.3 Å². The summed E-state index contributed by atoms with van der Waals surface area (Å²) in [7, 11) is -0.999. The van der Waals surface area contributed by atoms with E-state index < -0.39 is 8.80 Å². The van der Waals surface area contributed by atoms with E-state index in [2.05, 4.69) is 11.7 Å². The van der Waals surface area contributed by atoms with Gasteiger partial charge in [-0.2, -0.15) is 0 Å². The van der Waals surface area contributed by atoms with Crippen LogP contribution < -0.4 is 0 Å². The van der Waals surface area contributed by atoms with Gasteiger partial charge in [0.15, 0.2) is 0 Å². The first-order valence-corrected chi connectivity index (χ1v) is 8.39. The molecule has 3 nitrogen and oxygen atoms in total. The Kier molecular flexibility index (Phi) is 8.63. The normalized spacial score (nSPS) is 12.0. The largest absolute Gasteiger partial charge is 0.512 e. The van der Waals surface area contributed by atoms with E-state index in [1.807, 2.05) is 20.8 Å². The summed E-state index contributed by atoms with van der Waals surface area (Å²) in [5.74, 6) is 0. The minimum Gasteiger partial charge on any atom is -0.373 e. The summed E-state index contributed by atoms with van der Waals surface area (Å²) >= 11 is 4.10. The molecular formula is C7H18O3S2Si. The Labute approximate surface area is 90.7 Å². The van der Waals surface area contributed by atoms with Crippen LogP contribution in [0.1, 0.15) is 20.8 Å². The van der Waals surface area contributed by atoms with Crippen LogP contribution in [0.5, 0.6) is 0 Å². The Morgan fingerprint density at radius 1 is 1.00 bits per heavy atom. The first kappa shape index (κ1) is 13.8. The molecule has 0 N–H and O–H groups in total. The minimum atomic E-state index is -2.41. The topological polar surface area (TPSA) is 27.7 Å². The predicted molar refractivity (Wildman–Crippen MR) is 62.1 cm³/mol. The van der Waals surface area contributed by atoms with E-state index in [1.165, 1.54) is 10.8 Å². The molecule has 13 heavy (non-hydrogen) atoms. The molecule has 0 radical (unpaired) electrons. The van der Waals surface area contributed by atoms with Crippen LogP contribution in [0.15, 0.2) is 0 Å². The molecule has 0 aromatic rings. The maximum absolute atomic E-state index is 5.58. The molecule has 0 aliphatic heterocycles. The molecule has 6 heteroatoms. The lowest BCUT2D eigenvalue weighted by atomic mass is 10.9. The lowest BCUT2D eigenvalue weighted by molar-refractivity contribution is 0.0774. The van der Waals surface area contributed by atoms with Crippen LogP contribution in [0, 0.1) is 0 Å². The molecule has 0 aromatic heterocycles. The highest BCUT2D eigenvalue weighted by Gasteiger charge is 2.40. The smallest absolute Gasteiger partial charge is 0.373 e. The molecule has 0 aromatic carbocycles. The Morgan fingerprint density at radius 2 is 1.38 bits per heavy atom. The van der Waals surface area contributed by atoms with Crippen molar-refractivity contribution in [2.24, 2.45) is 0 Å². The molecule has 0 atom stereocenters. The summed E-state index contributed by atoms with van der Waals surface area (Å²) in [6, 6.07) is 0. The van der Waals surface area contributed by atoms with Gasteiger partial charge in [-0.1, -0.05) is 10.8 Å². The Hall–Kier alpha value is 0.797. The highest BCUT2D eigenvalue weighted by atomic mass is 33.1. The number of hydrogen-bond donors (Lipinski definition) is 1. The maximum Gasteiger partial charge on any atom is 0.512 e. The molecule has 0 saturated carbocycles. The van der Waals surface area contributed by atoms with Gasteiger partial charge in [0.25, 0.3) is 0 Å². The maximum atomic E-state index is 5.58. The van der Waals surface area contributed by atoms with Crippen molar-refractivity contribution in [2.75, 3.05) is 25.2 Å². The summed E-state index contributed by atoms with van der Waals surface area (Å²) in [5.41, 5.74) is 0. The Balaban J connectivity index is 4.19. The highest BCUT2D eigenvalue weighted by molar-refractivity contribution is 8.69. The number of thiol groups is 1. The van der Waals surface area contributed by atoms with Crippen molar-refractivity contribution in [3.05, 3.63) is 0 Å². The molecule has 0 amide bonds. The lowest BCUT2D eigenvalue weighted by Gasteiger charge is -2.27. The number of rotatable bonds is 8. The van der Waals surface area contributed by atoms with Crippen LogP contribution in [0.3, 0.4) is 0 Å². The fourth-order valence-electron chi connectivity index (χ4n) is 0.989. The number of hydrogen-bond acceptors (Lipinski definition) is 5. The van der Waals surface area contributed by atoms with Crippen molar-refractivity contribution in [1.29, 1.82) is 0 Å². The van der Waals surface area contributed by atoms with Crippen LogP contribution in [0.4, 0.5) is 0 Å². The first-order chi connectivity index (χ1) is 6.24. The molecule has 0 rings (SSSR count). The van der Waals surface area contributed by atoms with Gasteiger partial charge in [-0.05, 0) is 20.8 Å². The van der Waals surface area contributed by atoms with Gasteiger partial charge in [0.05, 0.1) is 5.38 Å². The Bertz CT molecular complexity index is 96.8. The summed E-state index contributed by atoms with van der Waals surface area (Å²) in [6.07, 6.45) is 0. The van der Waals surface area contributed by atoms with E-state index in [9.17, 15) is 0 Å². The van der Waals surface area contributed by atoms with Crippen molar-refractivity contribution in [3.8, 4) is 0 Å². The average Bonchev–Trinajstić information content (AvgIpc) is 2.06. The predicted octanol–water partition coefficient (Wildman–Crippen LogP) is 2.15. The van der Waals surface area contributed by atoms with Crippen molar-refractivity contribution in [3.63, 3.8) is 0 Å². The van der Waals surface area contributed by atoms with Crippen LogP contribution >= 0.6 is 22.5 Å². The van der Waals surface area contributed by atoms with Crippen LogP contribution in [-0.2, 0) is 13.3 Å². The molecular weight excluding hydrogens is 224 g/mol. The van der Waals surface area contributed by atoms with Crippen LogP contribution in [0.2, 0.25) is 0 Å². The lowest BCUT2D eigenvalue weighted by Crippen LogP contribution is -2.48. The van der Waals surface area contributed by atoms with Gasteiger partial charge in [0, 0.05) is 19.8 Å². The summed E-state index contributed by atoms with van der Waals surface area (Å²) in [4.78, 5) is 0. The molecule has 0 saturated heterocycles. The van der Waals surface area contributed by atoms with Gasteiger partial charge in [0.2, 0.25) is 0 Å². The van der Waals surface area contributed by atoms with Gasteiger partial charge in [0.1, 0.15) is 0 Å². The Morgan fingerprint density at radius 3 is 1.62 bits per heavy atom. The molecule has 0 aliphatic rings. The van der Waals surface area contributed by atoms with E-state index in [1.54, 1.807) is 0 Å². The fraction of sp³-hybridized carbons (Fsp3) is 1.00. The molecule has 0 heterocycles. The zero-order valence-electron chi connectivity index (χ0n) is 8.41. The average molecular weight is 242 g/mol. The molecule has 0 fully saturated rings. The zero-order chi connectivity index (χ0) is 10.2. The van der Waals surface area contributed by atoms with Gasteiger partial charge in [-0.15, -0.1) is 11.7 Å². The van der Waals surface area contributed by atoms with E-state index in [4.69, 9.17) is 13.3 Å². The molecule has 0 aliphatic carbocycles. The molecule has 80 valence electrons. The second-order valence-electron chi connectivity index (χ2n) is 2.26. The third-order valence-electron chi connectivity index (χ3n) is 1.33. The first-order valence-electron chi connectivity index (χ1n) is 4.42. The summed E-state index contributed by atoms with van der Waals surface area (Å²) in [6.45, 7) is 7.72. The third kappa shape index (κ3) is 5.29. The second kappa shape index (κ2) is 8.13. The van der Waals surface area contributed by atoms with E-state index in [-0.39, 0.29) is 0 Å². The van der Waals surface area contributed by atoms with Gasteiger partial charge in [-0.25, -0.2) is 0 Å². The van der Waals surface area contributed by atoms with E-state index >= 15 is 0 Å². The van der Waals surface area contributed by atoms with Gasteiger partial charge < -0.3 is 13.3 Å². The van der Waals surface area contributed by atoms with Crippen LogP contribution in [-0.4, -0.2) is 34.0 Å². The zero-order valence-corrected chi connectivity index (χ0v) is 11.1. The molecule has 0 bridgehead atoms. The van der Waals surface area contributed by atoms with Crippen molar-refractivity contribution in [2.45, 2.75) is 20.8 Å². The highest BCUT2D eigenvalue weighted by Crippen LogP contribution is 2.18. The quantitative estimate of drug-likeness (QED) is 0.401. The van der Waals surface area contributed by atoms with E-state index in [0.29, 0.717) is 25.2 Å². The van der Waals surface area contributed by atoms with Crippen LogP contribution in [0.25, 0.3) is 0 Å². The minimum absolute atomic E-state index is 0.626. The van der Waals surface area contributed by atoms with Gasteiger partial charge >= 0.3 is 8.80 Å². The monoisotopic (exact) mass is 242 g/mol. The standard InChI is InChI=1S/C7H18O3S2Si/c1-4-8-13(7-12-11,9-5-2)10-6-3/h11H,4-7H2,1-3H3. The summed E-state index contributed by atoms with van der Waals surface area (Å²) < 4.78 is 16.7. The molecule has 0 unspecified atom stereocenters. The van der Waals surface area contributed by atoms with Gasteiger partial charge in [-0.3, -0.25) is 0 Å². The fourth-order valence-corrected chi connectivity index (χ4v) is 5.61. The van der Waals surface area contributed by atoms with Crippen molar-refractivity contribution < 1.29 is 13.3 Å². The van der Waals surface area contributed by atoms with Crippen molar-refractivity contribution in [1.82, 2.24) is 0 Å².